The Morgan fingerprint density at radius 1 is 1.43 bits per heavy atom. The van der Waals surface area contributed by atoms with Crippen molar-refractivity contribution in [1.29, 1.82) is 0 Å². The summed E-state index contributed by atoms with van der Waals surface area (Å²) in [6, 6.07) is 4.67. The van der Waals surface area contributed by atoms with Crippen molar-refractivity contribution >= 4 is 11.8 Å². The average molecular weight is 317 g/mol. The first kappa shape index (κ1) is 16.1. The number of hydrogen-bond acceptors (Lipinski definition) is 4. The molecule has 3 rings (SSSR count). The van der Waals surface area contributed by atoms with Crippen molar-refractivity contribution in [1.82, 2.24) is 15.6 Å². The molecule has 1 saturated heterocycles. The number of nitrogens with zero attached hydrogens (tertiary/aromatic N) is 3. The number of nitrogens with one attached hydrogen (secondary N) is 2. The van der Waals surface area contributed by atoms with Gasteiger partial charge in [0, 0.05) is 37.4 Å². The van der Waals surface area contributed by atoms with Crippen LogP contribution in [-0.4, -0.2) is 49.8 Å². The fourth-order valence-electron chi connectivity index (χ4n) is 2.80. The van der Waals surface area contributed by atoms with Crippen molar-refractivity contribution in [3.63, 3.8) is 0 Å². The van der Waals surface area contributed by atoms with Crippen LogP contribution in [0.3, 0.4) is 0 Å². The summed E-state index contributed by atoms with van der Waals surface area (Å²) in [4.78, 5) is 11.6. The Kier molecular flexibility index (Phi) is 5.33. The van der Waals surface area contributed by atoms with Crippen molar-refractivity contribution in [3.8, 4) is 0 Å². The van der Waals surface area contributed by atoms with Crippen LogP contribution in [0.5, 0.6) is 0 Å². The smallest absolute Gasteiger partial charge is 0.191 e. The molecule has 126 valence electrons. The lowest BCUT2D eigenvalue weighted by atomic mass is 10.2. The van der Waals surface area contributed by atoms with Gasteiger partial charge in [-0.15, -0.1) is 0 Å². The maximum atomic E-state index is 5.43. The zero-order valence-corrected chi connectivity index (χ0v) is 14.1. The third-order valence-electron chi connectivity index (χ3n) is 4.36. The first-order chi connectivity index (χ1) is 11.3. The molecule has 6 nitrogen and oxygen atoms in total. The minimum absolute atomic E-state index is 0.570. The van der Waals surface area contributed by atoms with Crippen LogP contribution >= 0.6 is 0 Å². The summed E-state index contributed by atoms with van der Waals surface area (Å²) in [5.74, 6) is 2.69. The topological polar surface area (TPSA) is 61.8 Å². The maximum absolute atomic E-state index is 5.43. The van der Waals surface area contributed by atoms with E-state index in [9.17, 15) is 0 Å². The van der Waals surface area contributed by atoms with E-state index in [4.69, 9.17) is 9.73 Å². The summed E-state index contributed by atoms with van der Waals surface area (Å²) < 4.78 is 5.43. The number of guanidine groups is 1. The van der Waals surface area contributed by atoms with E-state index in [-0.39, 0.29) is 0 Å². The molecule has 1 aromatic rings. The molecule has 0 amide bonds. The van der Waals surface area contributed by atoms with Gasteiger partial charge in [-0.25, -0.2) is 9.98 Å². The summed E-state index contributed by atoms with van der Waals surface area (Å²) in [6.45, 7) is 9.19. The minimum Gasteiger partial charge on any atom is -0.378 e. The highest BCUT2D eigenvalue weighted by molar-refractivity contribution is 5.80. The van der Waals surface area contributed by atoms with Crippen molar-refractivity contribution in [2.75, 3.05) is 37.7 Å². The molecule has 0 aromatic carbocycles. The fraction of sp³-hybridized carbons (Fsp3) is 0.647. The summed E-state index contributed by atoms with van der Waals surface area (Å²) >= 11 is 0. The molecule has 1 aromatic heterocycles. The van der Waals surface area contributed by atoms with Gasteiger partial charge in [0.15, 0.2) is 5.96 Å². The third-order valence-corrected chi connectivity index (χ3v) is 4.36. The van der Waals surface area contributed by atoms with Crippen LogP contribution in [0.2, 0.25) is 0 Å². The van der Waals surface area contributed by atoms with E-state index >= 15 is 0 Å². The van der Waals surface area contributed by atoms with Gasteiger partial charge in [0.1, 0.15) is 5.82 Å². The van der Waals surface area contributed by atoms with E-state index < -0.39 is 0 Å². The van der Waals surface area contributed by atoms with E-state index in [2.05, 4.69) is 40.4 Å². The van der Waals surface area contributed by atoms with Gasteiger partial charge in [0.25, 0.3) is 0 Å². The Morgan fingerprint density at radius 2 is 2.22 bits per heavy atom. The summed E-state index contributed by atoms with van der Waals surface area (Å²) in [7, 11) is 0. The van der Waals surface area contributed by atoms with Crippen molar-refractivity contribution in [2.45, 2.75) is 32.9 Å². The van der Waals surface area contributed by atoms with E-state index in [1.165, 1.54) is 6.42 Å². The Balaban J connectivity index is 1.69. The van der Waals surface area contributed by atoms with E-state index in [1.807, 2.05) is 12.3 Å². The number of pyridine rings is 1. The van der Waals surface area contributed by atoms with Crippen LogP contribution in [0.25, 0.3) is 0 Å². The zero-order valence-electron chi connectivity index (χ0n) is 14.1. The standard InChI is InChI=1S/C17H27N5O/c1-3-18-17(21-15-11-13(15)2)20-12-14-5-4-6-19-16(14)22-7-9-23-10-8-22/h4-6,13,15H,3,7-12H2,1-2H3,(H2,18,20,21). The maximum Gasteiger partial charge on any atom is 0.191 e. The van der Waals surface area contributed by atoms with E-state index in [0.29, 0.717) is 12.6 Å². The largest absolute Gasteiger partial charge is 0.378 e. The summed E-state index contributed by atoms with van der Waals surface area (Å²) in [6.07, 6.45) is 3.09. The lowest BCUT2D eigenvalue weighted by Gasteiger charge is -2.29. The van der Waals surface area contributed by atoms with Gasteiger partial charge in [-0.3, -0.25) is 0 Å². The van der Waals surface area contributed by atoms with Gasteiger partial charge in [0.2, 0.25) is 0 Å². The Labute approximate surface area is 138 Å². The number of rotatable bonds is 5. The number of ether oxygens (including phenoxy) is 1. The van der Waals surface area contributed by atoms with Crippen LogP contribution in [0.4, 0.5) is 5.82 Å². The number of hydrogen-bond donors (Lipinski definition) is 2. The van der Waals surface area contributed by atoms with E-state index in [0.717, 1.165) is 56.1 Å². The third kappa shape index (κ3) is 4.34. The number of anilines is 1. The van der Waals surface area contributed by atoms with E-state index in [1.54, 1.807) is 0 Å². The lowest BCUT2D eigenvalue weighted by molar-refractivity contribution is 0.122. The Hall–Kier alpha value is -1.82. The molecule has 1 aliphatic carbocycles. The molecule has 2 heterocycles. The molecule has 2 N–H and O–H groups in total. The van der Waals surface area contributed by atoms with Gasteiger partial charge in [-0.2, -0.15) is 0 Å². The molecule has 0 radical (unpaired) electrons. The number of aliphatic imine (C=N–C) groups is 1. The van der Waals surface area contributed by atoms with Crippen molar-refractivity contribution in [2.24, 2.45) is 10.9 Å². The highest BCUT2D eigenvalue weighted by Gasteiger charge is 2.33. The van der Waals surface area contributed by atoms with Crippen LogP contribution in [0.1, 0.15) is 25.8 Å². The van der Waals surface area contributed by atoms with Crippen LogP contribution < -0.4 is 15.5 Å². The first-order valence-corrected chi connectivity index (χ1v) is 8.59. The van der Waals surface area contributed by atoms with Gasteiger partial charge >= 0.3 is 0 Å². The molecule has 2 fully saturated rings. The van der Waals surface area contributed by atoms with Gasteiger partial charge in [0.05, 0.1) is 19.8 Å². The molecule has 23 heavy (non-hydrogen) atoms. The molecule has 1 aliphatic heterocycles. The first-order valence-electron chi connectivity index (χ1n) is 8.59. The van der Waals surface area contributed by atoms with Gasteiger partial charge in [-0.05, 0) is 25.3 Å². The molecule has 6 heteroatoms. The predicted molar refractivity (Wildman–Crippen MR) is 92.8 cm³/mol. The second kappa shape index (κ2) is 7.64. The molecule has 2 atom stereocenters. The number of aromatic nitrogens is 1. The second-order valence-corrected chi connectivity index (χ2v) is 6.24. The molecular weight excluding hydrogens is 290 g/mol. The van der Waals surface area contributed by atoms with Crippen LogP contribution in [0, 0.1) is 5.92 Å². The van der Waals surface area contributed by atoms with Crippen molar-refractivity contribution < 1.29 is 4.74 Å². The predicted octanol–water partition coefficient (Wildman–Crippen LogP) is 1.38. The Morgan fingerprint density at radius 3 is 2.91 bits per heavy atom. The molecule has 0 spiro atoms. The molecule has 0 bridgehead atoms. The average Bonchev–Trinajstić information content (AvgIpc) is 3.29. The van der Waals surface area contributed by atoms with Gasteiger partial charge < -0.3 is 20.3 Å². The number of morpholine rings is 1. The normalized spacial score (nSPS) is 24.4. The van der Waals surface area contributed by atoms with Crippen LogP contribution in [-0.2, 0) is 11.3 Å². The monoisotopic (exact) mass is 317 g/mol. The second-order valence-electron chi connectivity index (χ2n) is 6.24. The molecule has 2 unspecified atom stereocenters. The van der Waals surface area contributed by atoms with Crippen LogP contribution in [0.15, 0.2) is 23.3 Å². The fourth-order valence-corrected chi connectivity index (χ4v) is 2.80. The molecule has 1 saturated carbocycles. The zero-order chi connectivity index (χ0) is 16.1. The summed E-state index contributed by atoms with van der Waals surface area (Å²) in [5, 5.41) is 6.82. The van der Waals surface area contributed by atoms with Crippen molar-refractivity contribution in [3.05, 3.63) is 23.9 Å². The minimum atomic E-state index is 0.570. The molecule has 2 aliphatic rings. The SMILES string of the molecule is CCNC(=NCc1cccnc1N1CCOCC1)NC1CC1C. The molecular formula is C17H27N5O. The van der Waals surface area contributed by atoms with Gasteiger partial charge in [-0.1, -0.05) is 13.0 Å². The quantitative estimate of drug-likeness (QED) is 0.635. The summed E-state index contributed by atoms with van der Waals surface area (Å²) in [5.41, 5.74) is 1.16. The highest BCUT2D eigenvalue weighted by atomic mass is 16.5. The Bertz CT molecular complexity index is 542. The lowest BCUT2D eigenvalue weighted by Crippen LogP contribution is -2.39. The highest BCUT2D eigenvalue weighted by Crippen LogP contribution is 2.28.